The number of nitrogens with zero attached hydrogens (tertiary/aromatic N) is 2. The fraction of sp³-hybridized carbons (Fsp3) is 0.615. The number of nitrogens with one attached hydrogen (secondary N) is 2. The Hall–Kier alpha value is -1.89. The van der Waals surface area contributed by atoms with Gasteiger partial charge in [0, 0.05) is 6.04 Å². The topological polar surface area (TPSA) is 110 Å². The van der Waals surface area contributed by atoms with Gasteiger partial charge in [0.15, 0.2) is 5.65 Å². The molecule has 1 fully saturated rings. The second-order valence-corrected chi connectivity index (χ2v) is 5.53. The number of aromatic amines is 2. The molecule has 1 saturated carbocycles. The predicted molar refractivity (Wildman–Crippen MR) is 75.7 cm³/mol. The highest BCUT2D eigenvalue weighted by Crippen LogP contribution is 2.28. The minimum Gasteiger partial charge on any atom is -0.335 e. The summed E-state index contributed by atoms with van der Waals surface area (Å²) in [4.78, 5) is 33.7. The number of nitrogens with two attached hydrogens (primary N) is 1. The molecule has 2 aromatic heterocycles. The van der Waals surface area contributed by atoms with Crippen LogP contribution in [-0.2, 0) is 0 Å². The van der Waals surface area contributed by atoms with Crippen LogP contribution in [0.4, 0.5) is 0 Å². The number of H-pyrrole nitrogens is 2. The van der Waals surface area contributed by atoms with E-state index in [0.29, 0.717) is 17.0 Å². The molecule has 108 valence electrons. The zero-order valence-corrected chi connectivity index (χ0v) is 11.5. The van der Waals surface area contributed by atoms with Gasteiger partial charge in [0.1, 0.15) is 11.3 Å². The molecule has 1 atom stereocenters. The molecule has 2 aromatic rings. The molecule has 2 heterocycles. The lowest BCUT2D eigenvalue weighted by Crippen LogP contribution is -2.33. The molecule has 0 bridgehead atoms. The molecule has 0 aliphatic heterocycles. The Morgan fingerprint density at radius 3 is 2.60 bits per heavy atom. The van der Waals surface area contributed by atoms with Gasteiger partial charge in [0.25, 0.3) is 5.56 Å². The van der Waals surface area contributed by atoms with Crippen molar-refractivity contribution in [2.24, 2.45) is 5.73 Å². The molecule has 0 radical (unpaired) electrons. The summed E-state index contributed by atoms with van der Waals surface area (Å²) in [6, 6.07) is -0.198. The number of fused-ring (bicyclic) bond motifs is 1. The van der Waals surface area contributed by atoms with Crippen LogP contribution in [0.2, 0.25) is 0 Å². The number of hydrogen-bond donors (Lipinski definition) is 3. The number of hydrogen-bond acceptors (Lipinski definition) is 4. The molecule has 1 unspecified atom stereocenters. The largest absolute Gasteiger partial charge is 0.335 e. The van der Waals surface area contributed by atoms with E-state index in [4.69, 9.17) is 5.73 Å². The first-order chi connectivity index (χ1) is 9.58. The minimum atomic E-state index is -0.434. The zero-order chi connectivity index (χ0) is 14.3. The Balaban J connectivity index is 2.24. The van der Waals surface area contributed by atoms with Gasteiger partial charge in [-0.2, -0.15) is 0 Å². The molecule has 0 amide bonds. The van der Waals surface area contributed by atoms with Crippen LogP contribution in [0.15, 0.2) is 9.59 Å². The van der Waals surface area contributed by atoms with Gasteiger partial charge in [-0.3, -0.25) is 14.3 Å². The summed E-state index contributed by atoms with van der Waals surface area (Å²) < 4.78 is 1.62. The molecule has 0 spiro atoms. The summed E-state index contributed by atoms with van der Waals surface area (Å²) in [6.07, 6.45) is 5.29. The Bertz CT molecular complexity index is 733. The first-order valence-electron chi connectivity index (χ1n) is 7.08. The molecule has 4 N–H and O–H groups in total. The third kappa shape index (κ3) is 2.07. The van der Waals surface area contributed by atoms with Crippen molar-refractivity contribution in [3.63, 3.8) is 0 Å². The molecular weight excluding hydrogens is 258 g/mol. The van der Waals surface area contributed by atoms with Gasteiger partial charge in [-0.05, 0) is 19.8 Å². The van der Waals surface area contributed by atoms with Crippen LogP contribution in [0.25, 0.3) is 11.2 Å². The van der Waals surface area contributed by atoms with E-state index in [1.165, 1.54) is 6.42 Å². The summed E-state index contributed by atoms with van der Waals surface area (Å²) in [5, 5.41) is 0. The van der Waals surface area contributed by atoms with Crippen molar-refractivity contribution in [1.29, 1.82) is 0 Å². The lowest BCUT2D eigenvalue weighted by Gasteiger charge is -2.23. The highest BCUT2D eigenvalue weighted by molar-refractivity contribution is 5.69. The van der Waals surface area contributed by atoms with Crippen molar-refractivity contribution >= 4 is 11.2 Å². The Kier molecular flexibility index (Phi) is 3.21. The van der Waals surface area contributed by atoms with Gasteiger partial charge >= 0.3 is 5.69 Å². The van der Waals surface area contributed by atoms with Crippen molar-refractivity contribution in [3.05, 3.63) is 26.7 Å². The van der Waals surface area contributed by atoms with Crippen molar-refractivity contribution in [2.75, 3.05) is 0 Å². The van der Waals surface area contributed by atoms with Crippen LogP contribution in [0.1, 0.15) is 56.9 Å². The maximum atomic E-state index is 12.2. The van der Waals surface area contributed by atoms with Gasteiger partial charge in [0.2, 0.25) is 0 Å². The fourth-order valence-corrected chi connectivity index (χ4v) is 2.92. The molecule has 1 aliphatic rings. The predicted octanol–water partition coefficient (Wildman–Crippen LogP) is 0.938. The highest BCUT2D eigenvalue weighted by atomic mass is 16.2. The van der Waals surface area contributed by atoms with Crippen molar-refractivity contribution in [2.45, 2.75) is 51.1 Å². The third-order valence-corrected chi connectivity index (χ3v) is 3.97. The SMILES string of the molecule is CC(N)c1nc2c([nH]1)c(=O)[nH]c(=O)n2C1CCCCC1. The Labute approximate surface area is 115 Å². The Morgan fingerprint density at radius 2 is 1.95 bits per heavy atom. The van der Waals surface area contributed by atoms with Crippen LogP contribution < -0.4 is 17.0 Å². The van der Waals surface area contributed by atoms with Gasteiger partial charge in [-0.25, -0.2) is 9.78 Å². The first kappa shape index (κ1) is 13.1. The highest BCUT2D eigenvalue weighted by Gasteiger charge is 2.22. The monoisotopic (exact) mass is 277 g/mol. The lowest BCUT2D eigenvalue weighted by atomic mass is 9.95. The van der Waals surface area contributed by atoms with E-state index in [0.717, 1.165) is 25.7 Å². The van der Waals surface area contributed by atoms with E-state index in [-0.39, 0.29) is 17.8 Å². The molecule has 7 heteroatoms. The summed E-state index contributed by atoms with van der Waals surface area (Å²) in [6.45, 7) is 1.79. The maximum Gasteiger partial charge on any atom is 0.330 e. The lowest BCUT2D eigenvalue weighted by molar-refractivity contribution is 0.349. The summed E-state index contributed by atoms with van der Waals surface area (Å²) in [7, 11) is 0. The number of rotatable bonds is 2. The molecular formula is C13H19N5O2. The van der Waals surface area contributed by atoms with Crippen LogP contribution in [0, 0.1) is 0 Å². The van der Waals surface area contributed by atoms with Gasteiger partial charge in [0.05, 0.1) is 6.04 Å². The summed E-state index contributed by atoms with van der Waals surface area (Å²) in [5.41, 5.74) is 5.75. The van der Waals surface area contributed by atoms with Crippen LogP contribution >= 0.6 is 0 Å². The van der Waals surface area contributed by atoms with E-state index >= 15 is 0 Å². The molecule has 3 rings (SSSR count). The maximum absolute atomic E-state index is 12.2. The minimum absolute atomic E-state index is 0.111. The quantitative estimate of drug-likeness (QED) is 0.758. The third-order valence-electron chi connectivity index (χ3n) is 3.97. The normalized spacial score (nSPS) is 18.5. The van der Waals surface area contributed by atoms with E-state index < -0.39 is 5.56 Å². The van der Waals surface area contributed by atoms with E-state index in [9.17, 15) is 9.59 Å². The summed E-state index contributed by atoms with van der Waals surface area (Å²) in [5.74, 6) is 0.528. The number of aromatic nitrogens is 4. The van der Waals surface area contributed by atoms with Crippen molar-refractivity contribution in [1.82, 2.24) is 19.5 Å². The van der Waals surface area contributed by atoms with Crippen LogP contribution in [0.3, 0.4) is 0 Å². The standard InChI is InChI=1S/C13H19N5O2/c1-7(14)10-15-9-11(16-10)18(13(20)17-12(9)19)8-5-3-2-4-6-8/h7-8H,2-6,14H2,1H3,(H,15,16)(H,17,19,20). The second kappa shape index (κ2) is 4.90. The van der Waals surface area contributed by atoms with Gasteiger partial charge in [-0.15, -0.1) is 0 Å². The molecule has 7 nitrogen and oxygen atoms in total. The van der Waals surface area contributed by atoms with E-state index in [2.05, 4.69) is 15.0 Å². The zero-order valence-electron chi connectivity index (χ0n) is 11.5. The Morgan fingerprint density at radius 1 is 1.25 bits per heavy atom. The molecule has 20 heavy (non-hydrogen) atoms. The fourth-order valence-electron chi connectivity index (χ4n) is 2.92. The first-order valence-corrected chi connectivity index (χ1v) is 7.08. The second-order valence-electron chi connectivity index (χ2n) is 5.53. The summed E-state index contributed by atoms with van der Waals surface area (Å²) >= 11 is 0. The molecule has 0 aromatic carbocycles. The van der Waals surface area contributed by atoms with Crippen LogP contribution in [-0.4, -0.2) is 19.5 Å². The average molecular weight is 277 g/mol. The van der Waals surface area contributed by atoms with E-state index in [1.807, 2.05) is 0 Å². The van der Waals surface area contributed by atoms with Crippen molar-refractivity contribution < 1.29 is 0 Å². The van der Waals surface area contributed by atoms with Crippen LogP contribution in [0.5, 0.6) is 0 Å². The molecule has 0 saturated heterocycles. The van der Waals surface area contributed by atoms with E-state index in [1.54, 1.807) is 11.5 Å². The van der Waals surface area contributed by atoms with Gasteiger partial charge in [-0.1, -0.05) is 19.3 Å². The average Bonchev–Trinajstić information content (AvgIpc) is 2.85. The van der Waals surface area contributed by atoms with Crippen molar-refractivity contribution in [3.8, 4) is 0 Å². The molecule has 1 aliphatic carbocycles. The van der Waals surface area contributed by atoms with Gasteiger partial charge < -0.3 is 10.7 Å². The number of imidazole rings is 1. The smallest absolute Gasteiger partial charge is 0.330 e.